The lowest BCUT2D eigenvalue weighted by molar-refractivity contribution is -0.121. The lowest BCUT2D eigenvalue weighted by Gasteiger charge is -2.14. The Morgan fingerprint density at radius 1 is 1.47 bits per heavy atom. The summed E-state index contributed by atoms with van der Waals surface area (Å²) in [6.07, 6.45) is 0.782. The van der Waals surface area contributed by atoms with Crippen LogP contribution in [0.5, 0.6) is 0 Å². The minimum Gasteiger partial charge on any atom is -0.373 e. The molecule has 1 aromatic carbocycles. The van der Waals surface area contributed by atoms with Gasteiger partial charge in [-0.15, -0.1) is 0 Å². The van der Waals surface area contributed by atoms with E-state index in [2.05, 4.69) is 21.6 Å². The molecular weight excluding hydrogens is 214 g/mol. The van der Waals surface area contributed by atoms with Crippen molar-refractivity contribution in [2.24, 2.45) is 0 Å². The molecular formula is C13H19N3O. The highest BCUT2D eigenvalue weighted by molar-refractivity contribution is 5.87. The van der Waals surface area contributed by atoms with Gasteiger partial charge in [0.1, 0.15) is 6.04 Å². The van der Waals surface area contributed by atoms with Gasteiger partial charge < -0.3 is 15.5 Å². The molecule has 1 aliphatic rings. The summed E-state index contributed by atoms with van der Waals surface area (Å²) >= 11 is 0. The van der Waals surface area contributed by atoms with Gasteiger partial charge in [0, 0.05) is 25.2 Å². The van der Waals surface area contributed by atoms with Gasteiger partial charge in [0.15, 0.2) is 0 Å². The molecule has 2 N–H and O–H groups in total. The summed E-state index contributed by atoms with van der Waals surface area (Å²) < 4.78 is 0. The fourth-order valence-electron chi connectivity index (χ4n) is 1.98. The molecule has 0 aliphatic carbocycles. The molecule has 1 heterocycles. The van der Waals surface area contributed by atoms with Crippen molar-refractivity contribution in [2.75, 3.05) is 32.5 Å². The van der Waals surface area contributed by atoms with E-state index in [0.717, 1.165) is 18.7 Å². The minimum atomic E-state index is -0.116. The molecule has 0 unspecified atom stereocenters. The normalized spacial score (nSPS) is 17.7. The number of amides is 1. The van der Waals surface area contributed by atoms with Crippen molar-refractivity contribution in [1.82, 2.24) is 10.2 Å². The predicted octanol–water partition coefficient (Wildman–Crippen LogP) is 0.701. The van der Waals surface area contributed by atoms with Gasteiger partial charge in [-0.1, -0.05) is 18.2 Å². The Labute approximate surface area is 102 Å². The molecule has 0 radical (unpaired) electrons. The third-order valence-corrected chi connectivity index (χ3v) is 2.95. The second-order valence-corrected chi connectivity index (χ2v) is 4.65. The zero-order valence-corrected chi connectivity index (χ0v) is 10.4. The number of anilines is 1. The van der Waals surface area contributed by atoms with Crippen molar-refractivity contribution in [3.05, 3.63) is 29.8 Å². The highest BCUT2D eigenvalue weighted by Gasteiger charge is 2.25. The van der Waals surface area contributed by atoms with E-state index < -0.39 is 0 Å². The molecule has 1 aromatic rings. The van der Waals surface area contributed by atoms with Crippen molar-refractivity contribution < 1.29 is 4.79 Å². The second-order valence-electron chi connectivity index (χ2n) is 4.65. The number of hydrogen-bond acceptors (Lipinski definition) is 3. The van der Waals surface area contributed by atoms with Crippen LogP contribution < -0.4 is 10.6 Å². The van der Waals surface area contributed by atoms with Gasteiger partial charge in [0.2, 0.25) is 5.91 Å². The number of benzene rings is 1. The molecule has 2 rings (SSSR count). The van der Waals surface area contributed by atoms with Gasteiger partial charge >= 0.3 is 0 Å². The molecule has 0 saturated carbocycles. The van der Waals surface area contributed by atoms with Crippen molar-refractivity contribution in [2.45, 2.75) is 12.5 Å². The first-order chi connectivity index (χ1) is 8.16. The highest BCUT2D eigenvalue weighted by Crippen LogP contribution is 2.24. The average Bonchev–Trinajstić information content (AvgIpc) is 2.71. The summed E-state index contributed by atoms with van der Waals surface area (Å²) in [4.78, 5) is 14.0. The highest BCUT2D eigenvalue weighted by atomic mass is 16.2. The molecule has 0 bridgehead atoms. The van der Waals surface area contributed by atoms with Gasteiger partial charge in [0.05, 0.1) is 0 Å². The van der Waals surface area contributed by atoms with Gasteiger partial charge in [-0.3, -0.25) is 4.79 Å². The van der Waals surface area contributed by atoms with Gasteiger partial charge in [0.25, 0.3) is 0 Å². The van der Waals surface area contributed by atoms with E-state index in [1.807, 2.05) is 32.3 Å². The number of carbonyl (C=O) groups is 1. The first-order valence-corrected chi connectivity index (χ1v) is 5.93. The number of fused-ring (bicyclic) bond motifs is 1. The third kappa shape index (κ3) is 2.97. The third-order valence-electron chi connectivity index (χ3n) is 2.95. The first-order valence-electron chi connectivity index (χ1n) is 5.93. The molecule has 4 heteroatoms. The zero-order valence-electron chi connectivity index (χ0n) is 10.4. The maximum atomic E-state index is 11.9. The summed E-state index contributed by atoms with van der Waals surface area (Å²) in [5.74, 6) is 0.0862. The fraction of sp³-hybridized carbons (Fsp3) is 0.462. The molecule has 17 heavy (non-hydrogen) atoms. The second kappa shape index (κ2) is 5.19. The number of nitrogens with one attached hydrogen (secondary N) is 2. The lowest BCUT2D eigenvalue weighted by atomic mass is 10.1. The number of rotatable bonds is 4. The SMILES string of the molecule is CN(C)CCNC(=O)[C@@H]1Cc2ccccc2N1. The van der Waals surface area contributed by atoms with Crippen LogP contribution in [0.4, 0.5) is 5.69 Å². The monoisotopic (exact) mass is 233 g/mol. The first kappa shape index (κ1) is 11.9. The van der Waals surface area contributed by atoms with Gasteiger partial charge in [-0.25, -0.2) is 0 Å². The number of nitrogens with zero attached hydrogens (tertiary/aromatic N) is 1. The van der Waals surface area contributed by atoms with Crippen LogP contribution in [-0.4, -0.2) is 44.0 Å². The van der Waals surface area contributed by atoms with Crippen molar-refractivity contribution in [1.29, 1.82) is 0 Å². The average molecular weight is 233 g/mol. The molecule has 4 nitrogen and oxygen atoms in total. The Morgan fingerprint density at radius 2 is 2.24 bits per heavy atom. The Morgan fingerprint density at radius 3 is 2.94 bits per heavy atom. The van der Waals surface area contributed by atoms with E-state index in [1.165, 1.54) is 5.56 Å². The molecule has 1 aliphatic heterocycles. The molecule has 0 spiro atoms. The number of carbonyl (C=O) groups excluding carboxylic acids is 1. The number of para-hydroxylation sites is 1. The van der Waals surface area contributed by atoms with Gasteiger partial charge in [-0.05, 0) is 25.7 Å². The van der Waals surface area contributed by atoms with E-state index in [0.29, 0.717) is 6.54 Å². The van der Waals surface area contributed by atoms with Crippen LogP contribution in [0.2, 0.25) is 0 Å². The van der Waals surface area contributed by atoms with Crippen molar-refractivity contribution >= 4 is 11.6 Å². The van der Waals surface area contributed by atoms with Crippen LogP contribution in [0, 0.1) is 0 Å². The standard InChI is InChI=1S/C13H19N3O/c1-16(2)8-7-14-13(17)12-9-10-5-3-4-6-11(10)15-12/h3-6,12,15H,7-9H2,1-2H3,(H,14,17)/t12-/m0/s1. The maximum absolute atomic E-state index is 11.9. The summed E-state index contributed by atoms with van der Waals surface area (Å²) in [5.41, 5.74) is 2.31. The van der Waals surface area contributed by atoms with Crippen molar-refractivity contribution in [3.63, 3.8) is 0 Å². The summed E-state index contributed by atoms with van der Waals surface area (Å²) in [6, 6.07) is 7.96. The molecule has 0 aromatic heterocycles. The van der Waals surface area contributed by atoms with Gasteiger partial charge in [-0.2, -0.15) is 0 Å². The van der Waals surface area contributed by atoms with E-state index in [9.17, 15) is 4.79 Å². The van der Waals surface area contributed by atoms with Crippen LogP contribution in [0.25, 0.3) is 0 Å². The predicted molar refractivity (Wildman–Crippen MR) is 69.1 cm³/mol. The van der Waals surface area contributed by atoms with Crippen LogP contribution >= 0.6 is 0 Å². The quantitative estimate of drug-likeness (QED) is 0.804. The van der Waals surface area contributed by atoms with E-state index in [4.69, 9.17) is 0 Å². The van der Waals surface area contributed by atoms with E-state index >= 15 is 0 Å². The Hall–Kier alpha value is -1.55. The van der Waals surface area contributed by atoms with Crippen LogP contribution in [-0.2, 0) is 11.2 Å². The summed E-state index contributed by atoms with van der Waals surface area (Å²) in [6.45, 7) is 1.56. The lowest BCUT2D eigenvalue weighted by Crippen LogP contribution is -2.41. The molecule has 0 saturated heterocycles. The van der Waals surface area contributed by atoms with Crippen LogP contribution in [0.1, 0.15) is 5.56 Å². The largest absolute Gasteiger partial charge is 0.373 e. The summed E-state index contributed by atoms with van der Waals surface area (Å²) in [7, 11) is 3.99. The molecule has 1 amide bonds. The van der Waals surface area contributed by atoms with Crippen LogP contribution in [0.15, 0.2) is 24.3 Å². The maximum Gasteiger partial charge on any atom is 0.242 e. The Bertz CT molecular complexity index is 378. The fourth-order valence-corrected chi connectivity index (χ4v) is 1.98. The van der Waals surface area contributed by atoms with Crippen LogP contribution in [0.3, 0.4) is 0 Å². The smallest absolute Gasteiger partial charge is 0.242 e. The zero-order chi connectivity index (χ0) is 12.3. The minimum absolute atomic E-state index is 0.0862. The summed E-state index contributed by atoms with van der Waals surface area (Å²) in [5, 5.41) is 6.19. The molecule has 0 fully saturated rings. The van der Waals surface area contributed by atoms with E-state index in [1.54, 1.807) is 0 Å². The Balaban J connectivity index is 1.84. The Kier molecular flexibility index (Phi) is 3.64. The number of likely N-dealkylation sites (N-methyl/N-ethyl adjacent to an activating group) is 1. The molecule has 1 atom stereocenters. The molecule has 92 valence electrons. The topological polar surface area (TPSA) is 44.4 Å². The van der Waals surface area contributed by atoms with E-state index in [-0.39, 0.29) is 11.9 Å². The van der Waals surface area contributed by atoms with Crippen molar-refractivity contribution in [3.8, 4) is 0 Å². The number of hydrogen-bond donors (Lipinski definition) is 2.